The number of nitrogens with one attached hydrogen (secondary N) is 1. The number of hydrogen-bond donors (Lipinski definition) is 2. The van der Waals surface area contributed by atoms with Gasteiger partial charge in [0.25, 0.3) is 0 Å². The normalized spacial score (nSPS) is 16.2. The van der Waals surface area contributed by atoms with Gasteiger partial charge in [-0.2, -0.15) is 0 Å². The molecule has 3 nitrogen and oxygen atoms in total. The van der Waals surface area contributed by atoms with E-state index < -0.39 is 14.0 Å². The van der Waals surface area contributed by atoms with Crippen LogP contribution in [0.15, 0.2) is 36.4 Å². The molecule has 0 aromatic heterocycles. The van der Waals surface area contributed by atoms with Gasteiger partial charge >= 0.3 is 5.97 Å². The third kappa shape index (κ3) is 11.9. The third-order valence-corrected chi connectivity index (χ3v) is 10.4. The Morgan fingerprint density at radius 2 is 1.53 bits per heavy atom. The van der Waals surface area contributed by atoms with E-state index in [-0.39, 0.29) is 0 Å². The predicted octanol–water partition coefficient (Wildman–Crippen LogP) is 8.76. The largest absolute Gasteiger partial charge is 0.478 e. The van der Waals surface area contributed by atoms with E-state index >= 15 is 0 Å². The lowest BCUT2D eigenvalue weighted by Gasteiger charge is -2.26. The first-order valence-electron chi connectivity index (χ1n) is 13.2. The molecule has 1 aromatic carbocycles. The maximum absolute atomic E-state index is 10.9. The average molecular weight is 458 g/mol. The van der Waals surface area contributed by atoms with Gasteiger partial charge in [0.1, 0.15) is 0 Å². The Morgan fingerprint density at radius 3 is 2.12 bits per heavy atom. The molecule has 0 saturated carbocycles. The Morgan fingerprint density at radius 1 is 0.906 bits per heavy atom. The summed E-state index contributed by atoms with van der Waals surface area (Å²) in [5.74, 6) is 0.109. The standard InChI is InChI=1S/C28H47NO2Si/c1-32(2,24-21-25-15-11-10-12-16-25)23-14-9-7-5-3-4-6-8-13-22-29-27-19-17-26(18-20-27)28(30)31/h10-11,17-20,25,29H,3-9,12-16,21-24H2,1-2H3,(H,30,31). The number of hydrogen-bond acceptors (Lipinski definition) is 2. The van der Waals surface area contributed by atoms with E-state index in [2.05, 4.69) is 30.6 Å². The summed E-state index contributed by atoms with van der Waals surface area (Å²) < 4.78 is 0. The fourth-order valence-electron chi connectivity index (χ4n) is 4.77. The molecule has 0 amide bonds. The highest BCUT2D eigenvalue weighted by atomic mass is 28.3. The van der Waals surface area contributed by atoms with Crippen LogP contribution in [0.3, 0.4) is 0 Å². The van der Waals surface area contributed by atoms with Gasteiger partial charge in [-0.05, 0) is 55.9 Å². The van der Waals surface area contributed by atoms with Crippen molar-refractivity contribution in [2.75, 3.05) is 11.9 Å². The van der Waals surface area contributed by atoms with Crippen molar-refractivity contribution in [3.05, 3.63) is 42.0 Å². The van der Waals surface area contributed by atoms with Crippen LogP contribution in [0.2, 0.25) is 25.2 Å². The predicted molar refractivity (Wildman–Crippen MR) is 142 cm³/mol. The molecular weight excluding hydrogens is 410 g/mol. The minimum atomic E-state index is -0.970. The average Bonchev–Trinajstić information content (AvgIpc) is 2.79. The monoisotopic (exact) mass is 457 g/mol. The first kappa shape index (κ1) is 26.7. The second-order valence-electron chi connectivity index (χ2n) is 10.6. The van der Waals surface area contributed by atoms with Crippen LogP contribution in [0.1, 0.15) is 93.8 Å². The number of carbonyl (C=O) groups is 1. The van der Waals surface area contributed by atoms with Crippen molar-refractivity contribution in [2.45, 2.75) is 109 Å². The molecule has 1 aliphatic carbocycles. The zero-order chi connectivity index (χ0) is 23.1. The molecule has 0 aliphatic heterocycles. The quantitative estimate of drug-likeness (QED) is 0.140. The molecule has 4 heteroatoms. The maximum atomic E-state index is 10.9. The number of carboxylic acid groups (broad SMARTS) is 1. The molecule has 2 N–H and O–H groups in total. The maximum Gasteiger partial charge on any atom is 0.335 e. The Hall–Kier alpha value is -1.55. The summed E-state index contributed by atoms with van der Waals surface area (Å²) in [6, 6.07) is 10.1. The van der Waals surface area contributed by atoms with E-state index in [1.165, 1.54) is 95.6 Å². The highest BCUT2D eigenvalue weighted by Crippen LogP contribution is 2.29. The molecule has 0 spiro atoms. The van der Waals surface area contributed by atoms with Crippen LogP contribution < -0.4 is 5.32 Å². The number of carboxylic acids is 1. The van der Waals surface area contributed by atoms with Gasteiger partial charge in [-0.15, -0.1) is 0 Å². The van der Waals surface area contributed by atoms with E-state index in [0.29, 0.717) is 5.56 Å². The Bertz CT molecular complexity index is 669. The number of allylic oxidation sites excluding steroid dienone is 2. The minimum Gasteiger partial charge on any atom is -0.478 e. The summed E-state index contributed by atoms with van der Waals surface area (Å²) in [6.45, 7) is 6.20. The van der Waals surface area contributed by atoms with Crippen molar-refractivity contribution in [3.8, 4) is 0 Å². The SMILES string of the molecule is C[Si](C)(CCCCCCCCCCCNc1ccc(C(=O)O)cc1)CCC1CC=CCC1. The first-order valence-corrected chi connectivity index (χ1v) is 16.6. The fraction of sp³-hybridized carbons (Fsp3) is 0.679. The van der Waals surface area contributed by atoms with E-state index in [1.54, 1.807) is 12.1 Å². The van der Waals surface area contributed by atoms with Crippen LogP contribution in [0.25, 0.3) is 0 Å². The Labute approximate surface area is 198 Å². The molecule has 0 heterocycles. The molecule has 32 heavy (non-hydrogen) atoms. The van der Waals surface area contributed by atoms with Gasteiger partial charge < -0.3 is 10.4 Å². The van der Waals surface area contributed by atoms with Crippen LogP contribution in [0.4, 0.5) is 5.69 Å². The van der Waals surface area contributed by atoms with Gasteiger partial charge in [0, 0.05) is 20.3 Å². The molecule has 0 saturated heterocycles. The number of benzene rings is 1. The van der Waals surface area contributed by atoms with Crippen LogP contribution in [-0.4, -0.2) is 25.7 Å². The first-order chi connectivity index (χ1) is 15.5. The molecule has 0 bridgehead atoms. The number of unbranched alkanes of at least 4 members (excludes halogenated alkanes) is 8. The van der Waals surface area contributed by atoms with Gasteiger partial charge in [-0.1, -0.05) is 95.1 Å². The second-order valence-corrected chi connectivity index (χ2v) is 15.9. The van der Waals surface area contributed by atoms with Crippen LogP contribution in [0.5, 0.6) is 0 Å². The zero-order valence-electron chi connectivity index (χ0n) is 20.7. The lowest BCUT2D eigenvalue weighted by atomic mass is 9.92. The van der Waals surface area contributed by atoms with Gasteiger partial charge in [0.05, 0.1) is 5.56 Å². The summed E-state index contributed by atoms with van der Waals surface area (Å²) >= 11 is 0. The highest BCUT2D eigenvalue weighted by molar-refractivity contribution is 6.77. The van der Waals surface area contributed by atoms with E-state index in [1.807, 2.05) is 12.1 Å². The van der Waals surface area contributed by atoms with E-state index in [0.717, 1.165) is 18.2 Å². The van der Waals surface area contributed by atoms with Crippen molar-refractivity contribution in [1.29, 1.82) is 0 Å². The Kier molecular flexibility index (Phi) is 12.8. The zero-order valence-corrected chi connectivity index (χ0v) is 21.7. The summed E-state index contributed by atoms with van der Waals surface area (Å²) in [5, 5.41) is 12.3. The molecule has 0 fully saturated rings. The van der Waals surface area contributed by atoms with E-state index in [4.69, 9.17) is 5.11 Å². The summed E-state index contributed by atoms with van der Waals surface area (Å²) in [7, 11) is -0.970. The van der Waals surface area contributed by atoms with Gasteiger partial charge in [0.15, 0.2) is 0 Å². The highest BCUT2D eigenvalue weighted by Gasteiger charge is 2.22. The number of anilines is 1. The van der Waals surface area contributed by atoms with Crippen LogP contribution in [0, 0.1) is 5.92 Å². The van der Waals surface area contributed by atoms with Crippen molar-refractivity contribution in [1.82, 2.24) is 0 Å². The molecule has 0 radical (unpaired) electrons. The van der Waals surface area contributed by atoms with Crippen molar-refractivity contribution >= 4 is 19.7 Å². The van der Waals surface area contributed by atoms with Crippen molar-refractivity contribution in [3.63, 3.8) is 0 Å². The summed E-state index contributed by atoms with van der Waals surface area (Å²) in [6.07, 6.45) is 22.6. The fourth-order valence-corrected chi connectivity index (χ4v) is 7.41. The van der Waals surface area contributed by atoms with Gasteiger partial charge in [0.2, 0.25) is 0 Å². The molecule has 180 valence electrons. The second kappa shape index (κ2) is 15.3. The molecular formula is C28H47NO2Si. The minimum absolute atomic E-state index is 0.342. The molecule has 1 aromatic rings. The Balaban J connectivity index is 1.36. The van der Waals surface area contributed by atoms with Crippen molar-refractivity contribution < 1.29 is 9.90 Å². The molecule has 1 unspecified atom stereocenters. The lowest BCUT2D eigenvalue weighted by Crippen LogP contribution is -2.25. The van der Waals surface area contributed by atoms with Crippen LogP contribution in [-0.2, 0) is 0 Å². The molecule has 2 rings (SSSR count). The topological polar surface area (TPSA) is 49.3 Å². The molecule has 1 atom stereocenters. The number of aromatic carboxylic acids is 1. The number of rotatable bonds is 17. The molecule has 1 aliphatic rings. The lowest BCUT2D eigenvalue weighted by molar-refractivity contribution is 0.0697. The smallest absolute Gasteiger partial charge is 0.335 e. The van der Waals surface area contributed by atoms with Gasteiger partial charge in [-0.3, -0.25) is 0 Å². The summed E-state index contributed by atoms with van der Waals surface area (Å²) in [4.78, 5) is 10.9. The summed E-state index contributed by atoms with van der Waals surface area (Å²) in [5.41, 5.74) is 1.35. The van der Waals surface area contributed by atoms with Gasteiger partial charge in [-0.25, -0.2) is 4.79 Å². The van der Waals surface area contributed by atoms with Crippen LogP contribution >= 0.6 is 0 Å². The van der Waals surface area contributed by atoms with Crippen molar-refractivity contribution in [2.24, 2.45) is 5.92 Å². The van der Waals surface area contributed by atoms with E-state index in [9.17, 15) is 4.79 Å². The third-order valence-electron chi connectivity index (χ3n) is 7.10.